The van der Waals surface area contributed by atoms with Crippen molar-refractivity contribution in [1.29, 1.82) is 0 Å². The molecule has 0 aromatic rings. The van der Waals surface area contributed by atoms with Gasteiger partial charge in [-0.2, -0.15) is 0 Å². The van der Waals surface area contributed by atoms with E-state index in [1.165, 1.54) is 0 Å². The van der Waals surface area contributed by atoms with Crippen molar-refractivity contribution < 1.29 is 4.74 Å². The second-order valence-corrected chi connectivity index (χ2v) is 3.62. The molecule has 0 aromatic heterocycles. The molecule has 66 valence electrons. The molecule has 4 heteroatoms. The average molecular weight is 159 g/mol. The molecule has 11 heavy (non-hydrogen) atoms. The summed E-state index contributed by atoms with van der Waals surface area (Å²) in [5.74, 6) is 5.63. The minimum atomic E-state index is 0.0312. The molecule has 0 spiro atoms. The molecule has 1 aliphatic heterocycles. The summed E-state index contributed by atoms with van der Waals surface area (Å²) in [6, 6.07) is 0.132. The molecule has 0 radical (unpaired) electrons. The molecule has 0 saturated carbocycles. The summed E-state index contributed by atoms with van der Waals surface area (Å²) < 4.78 is 5.09. The maximum atomic E-state index is 5.89. The Hall–Kier alpha value is -0.160. The van der Waals surface area contributed by atoms with E-state index >= 15 is 0 Å². The number of nitrogens with zero attached hydrogens (tertiary/aromatic N) is 1. The zero-order chi connectivity index (χ0) is 8.48. The van der Waals surface area contributed by atoms with E-state index in [1.54, 1.807) is 12.1 Å². The van der Waals surface area contributed by atoms with E-state index in [4.69, 9.17) is 16.3 Å². The van der Waals surface area contributed by atoms with Gasteiger partial charge in [0.15, 0.2) is 0 Å². The number of hydrogen-bond acceptors (Lipinski definition) is 4. The first-order valence-electron chi connectivity index (χ1n) is 3.82. The highest BCUT2D eigenvalue weighted by molar-refractivity contribution is 4.94. The lowest BCUT2D eigenvalue weighted by molar-refractivity contribution is 0.0880. The molecule has 4 N–H and O–H groups in total. The normalized spacial score (nSPS) is 39.8. The molecule has 4 nitrogen and oxygen atoms in total. The second kappa shape index (κ2) is 3.06. The van der Waals surface area contributed by atoms with Crippen LogP contribution in [0.25, 0.3) is 0 Å². The predicted octanol–water partition coefficient (Wildman–Crippen LogP) is -0.844. The summed E-state index contributed by atoms with van der Waals surface area (Å²) in [5.41, 5.74) is 5.92. The van der Waals surface area contributed by atoms with Gasteiger partial charge < -0.3 is 10.5 Å². The summed E-state index contributed by atoms with van der Waals surface area (Å²) >= 11 is 0. The Bertz CT molecular complexity index is 142. The van der Waals surface area contributed by atoms with Crippen molar-refractivity contribution in [3.8, 4) is 0 Å². The highest BCUT2D eigenvalue weighted by Crippen LogP contribution is 2.27. The fourth-order valence-electron chi connectivity index (χ4n) is 1.60. The third-order valence-electron chi connectivity index (χ3n) is 2.36. The third kappa shape index (κ3) is 1.70. The van der Waals surface area contributed by atoms with Gasteiger partial charge in [0.05, 0.1) is 6.61 Å². The summed E-state index contributed by atoms with van der Waals surface area (Å²) in [6.07, 6.45) is 0. The molecule has 0 aliphatic carbocycles. The first-order chi connectivity index (χ1) is 5.08. The minimum absolute atomic E-state index is 0.0312. The van der Waals surface area contributed by atoms with Gasteiger partial charge >= 0.3 is 0 Å². The van der Waals surface area contributed by atoms with Gasteiger partial charge in [-0.25, -0.2) is 5.01 Å². The average Bonchev–Trinajstić information content (AvgIpc) is 2.08. The van der Waals surface area contributed by atoms with Gasteiger partial charge in [0.25, 0.3) is 0 Å². The van der Waals surface area contributed by atoms with Gasteiger partial charge in [-0.1, -0.05) is 6.92 Å². The Labute approximate surface area is 67.4 Å². The molecule has 0 aromatic carbocycles. The van der Waals surface area contributed by atoms with Crippen LogP contribution < -0.4 is 11.6 Å². The summed E-state index contributed by atoms with van der Waals surface area (Å²) in [6.45, 7) is 4.37. The lowest BCUT2D eigenvalue weighted by Gasteiger charge is -2.26. The van der Waals surface area contributed by atoms with Crippen LogP contribution in [-0.4, -0.2) is 37.9 Å². The number of rotatable bonds is 2. The molecule has 0 bridgehead atoms. The minimum Gasteiger partial charge on any atom is -0.384 e. The highest BCUT2D eigenvalue weighted by Gasteiger charge is 2.39. The summed E-state index contributed by atoms with van der Waals surface area (Å²) in [4.78, 5) is 0. The molecule has 2 atom stereocenters. The maximum Gasteiger partial charge on any atom is 0.0544 e. The van der Waals surface area contributed by atoms with Gasteiger partial charge in [0.1, 0.15) is 0 Å². The standard InChI is InChI=1S/C7H17N3O/c1-7(5-11-2)4-10(9)3-6(7)8/h6H,3-5,8-9H2,1-2H3. The maximum absolute atomic E-state index is 5.89. The first kappa shape index (κ1) is 8.93. The van der Waals surface area contributed by atoms with Crippen molar-refractivity contribution in [3.63, 3.8) is 0 Å². The topological polar surface area (TPSA) is 64.5 Å². The van der Waals surface area contributed by atoms with Crippen LogP contribution in [0, 0.1) is 5.41 Å². The van der Waals surface area contributed by atoms with Gasteiger partial charge in [-0.3, -0.25) is 5.84 Å². The lowest BCUT2D eigenvalue weighted by Crippen LogP contribution is -2.41. The summed E-state index contributed by atoms with van der Waals surface area (Å²) in [7, 11) is 1.69. The monoisotopic (exact) mass is 159 g/mol. The largest absolute Gasteiger partial charge is 0.384 e. The molecular formula is C7H17N3O. The van der Waals surface area contributed by atoms with Crippen molar-refractivity contribution in [3.05, 3.63) is 0 Å². The number of ether oxygens (including phenoxy) is 1. The molecule has 1 saturated heterocycles. The molecule has 0 amide bonds. The SMILES string of the molecule is COCC1(C)CN(N)CC1N. The van der Waals surface area contributed by atoms with Crippen LogP contribution in [0.15, 0.2) is 0 Å². The van der Waals surface area contributed by atoms with Crippen LogP contribution in [0.3, 0.4) is 0 Å². The Morgan fingerprint density at radius 1 is 1.73 bits per heavy atom. The predicted molar refractivity (Wildman–Crippen MR) is 43.7 cm³/mol. The number of hydrogen-bond donors (Lipinski definition) is 2. The van der Waals surface area contributed by atoms with Crippen molar-refractivity contribution in [1.82, 2.24) is 5.01 Å². The molecule has 1 aliphatic rings. The number of methoxy groups -OCH3 is 1. The van der Waals surface area contributed by atoms with Crippen molar-refractivity contribution in [2.45, 2.75) is 13.0 Å². The Morgan fingerprint density at radius 3 is 2.73 bits per heavy atom. The van der Waals surface area contributed by atoms with Crippen LogP contribution in [0.1, 0.15) is 6.92 Å². The number of hydrazine groups is 1. The van der Waals surface area contributed by atoms with E-state index in [1.807, 2.05) is 0 Å². The second-order valence-electron chi connectivity index (χ2n) is 3.62. The lowest BCUT2D eigenvalue weighted by atomic mass is 9.87. The van der Waals surface area contributed by atoms with Crippen molar-refractivity contribution >= 4 is 0 Å². The first-order valence-corrected chi connectivity index (χ1v) is 3.82. The van der Waals surface area contributed by atoms with Crippen LogP contribution in [-0.2, 0) is 4.74 Å². The van der Waals surface area contributed by atoms with Gasteiger partial charge in [0, 0.05) is 31.7 Å². The smallest absolute Gasteiger partial charge is 0.0544 e. The van der Waals surface area contributed by atoms with Crippen LogP contribution in [0.4, 0.5) is 0 Å². The van der Waals surface area contributed by atoms with E-state index in [0.717, 1.165) is 13.1 Å². The van der Waals surface area contributed by atoms with E-state index in [2.05, 4.69) is 6.92 Å². The van der Waals surface area contributed by atoms with Crippen LogP contribution in [0.2, 0.25) is 0 Å². The fraction of sp³-hybridized carbons (Fsp3) is 1.00. The van der Waals surface area contributed by atoms with E-state index < -0.39 is 0 Å². The third-order valence-corrected chi connectivity index (χ3v) is 2.36. The Morgan fingerprint density at radius 2 is 2.36 bits per heavy atom. The van der Waals surface area contributed by atoms with Gasteiger partial charge in [-0.15, -0.1) is 0 Å². The molecule has 2 unspecified atom stereocenters. The van der Waals surface area contributed by atoms with Crippen LogP contribution >= 0.6 is 0 Å². The van der Waals surface area contributed by atoms with E-state index in [0.29, 0.717) is 6.61 Å². The highest BCUT2D eigenvalue weighted by atomic mass is 16.5. The van der Waals surface area contributed by atoms with Crippen molar-refractivity contribution in [2.24, 2.45) is 17.0 Å². The van der Waals surface area contributed by atoms with E-state index in [9.17, 15) is 0 Å². The molecular weight excluding hydrogens is 142 g/mol. The molecule has 1 heterocycles. The van der Waals surface area contributed by atoms with E-state index in [-0.39, 0.29) is 11.5 Å². The van der Waals surface area contributed by atoms with Gasteiger partial charge in [0.2, 0.25) is 0 Å². The molecule has 1 fully saturated rings. The summed E-state index contributed by atoms with van der Waals surface area (Å²) in [5, 5.41) is 1.75. The Balaban J connectivity index is 2.55. The fourth-order valence-corrected chi connectivity index (χ4v) is 1.60. The molecule has 1 rings (SSSR count). The van der Waals surface area contributed by atoms with Gasteiger partial charge in [-0.05, 0) is 0 Å². The zero-order valence-electron chi connectivity index (χ0n) is 7.21. The van der Waals surface area contributed by atoms with Crippen molar-refractivity contribution in [2.75, 3.05) is 26.8 Å². The zero-order valence-corrected chi connectivity index (χ0v) is 7.21. The quantitative estimate of drug-likeness (QED) is 0.515. The number of nitrogens with two attached hydrogens (primary N) is 2. The Kier molecular flexibility index (Phi) is 2.49. The van der Waals surface area contributed by atoms with Crippen LogP contribution in [0.5, 0.6) is 0 Å².